The first kappa shape index (κ1) is 16.4. The quantitative estimate of drug-likeness (QED) is 0.727. The SMILES string of the molecule is CC(=O)C[C@@H]1N=C(c2ccc(C)cc2)c2ccccc2-n2c(C)nnc21. The molecule has 1 aliphatic rings. The Balaban J connectivity index is 1.99. The van der Waals surface area contributed by atoms with E-state index in [1.165, 1.54) is 5.56 Å². The summed E-state index contributed by atoms with van der Waals surface area (Å²) < 4.78 is 2.02. The number of aromatic nitrogens is 3. The molecule has 0 radical (unpaired) electrons. The Bertz CT molecular complexity index is 1010. The molecule has 0 saturated carbocycles. The van der Waals surface area contributed by atoms with Gasteiger partial charge in [0.25, 0.3) is 0 Å². The van der Waals surface area contributed by atoms with E-state index < -0.39 is 0 Å². The van der Waals surface area contributed by atoms with E-state index in [1.807, 2.05) is 23.6 Å². The highest BCUT2D eigenvalue weighted by Gasteiger charge is 2.28. The maximum Gasteiger partial charge on any atom is 0.162 e. The number of aryl methyl sites for hydroxylation is 2. The summed E-state index contributed by atoms with van der Waals surface area (Å²) in [6.07, 6.45) is 0.307. The van der Waals surface area contributed by atoms with Crippen molar-refractivity contribution in [2.24, 2.45) is 4.99 Å². The zero-order chi connectivity index (χ0) is 18.3. The lowest BCUT2D eigenvalue weighted by Gasteiger charge is -2.12. The van der Waals surface area contributed by atoms with Gasteiger partial charge < -0.3 is 0 Å². The molecule has 0 bridgehead atoms. The first-order valence-corrected chi connectivity index (χ1v) is 8.70. The van der Waals surface area contributed by atoms with Gasteiger partial charge >= 0.3 is 0 Å². The lowest BCUT2D eigenvalue weighted by Crippen LogP contribution is -2.09. The fourth-order valence-electron chi connectivity index (χ4n) is 3.39. The molecule has 5 heteroatoms. The van der Waals surface area contributed by atoms with Gasteiger partial charge in [-0.15, -0.1) is 10.2 Å². The molecule has 0 saturated heterocycles. The molecule has 4 rings (SSSR count). The highest BCUT2D eigenvalue weighted by molar-refractivity contribution is 6.15. The van der Waals surface area contributed by atoms with Crippen molar-refractivity contribution in [1.82, 2.24) is 14.8 Å². The first-order valence-electron chi connectivity index (χ1n) is 8.70. The molecule has 0 unspecified atom stereocenters. The van der Waals surface area contributed by atoms with Crippen molar-refractivity contribution in [3.8, 4) is 5.69 Å². The number of nitrogens with zero attached hydrogens (tertiary/aromatic N) is 4. The van der Waals surface area contributed by atoms with E-state index in [9.17, 15) is 4.79 Å². The Hall–Kier alpha value is -3.08. The number of benzene rings is 2. The molecular weight excluding hydrogens is 324 g/mol. The van der Waals surface area contributed by atoms with Gasteiger partial charge in [-0.25, -0.2) is 0 Å². The van der Waals surface area contributed by atoms with Gasteiger partial charge in [-0.05, 0) is 26.8 Å². The summed E-state index contributed by atoms with van der Waals surface area (Å²) in [6, 6.07) is 16.1. The second kappa shape index (κ2) is 6.33. The van der Waals surface area contributed by atoms with Crippen LogP contribution in [0.5, 0.6) is 0 Å². The number of para-hydroxylation sites is 1. The van der Waals surface area contributed by atoms with Crippen molar-refractivity contribution in [1.29, 1.82) is 0 Å². The number of carbonyl (C=O) groups excluding carboxylic acids is 1. The van der Waals surface area contributed by atoms with E-state index in [-0.39, 0.29) is 11.8 Å². The molecule has 26 heavy (non-hydrogen) atoms. The second-order valence-corrected chi connectivity index (χ2v) is 6.72. The first-order chi connectivity index (χ1) is 12.5. The third kappa shape index (κ3) is 2.75. The van der Waals surface area contributed by atoms with E-state index in [1.54, 1.807) is 6.92 Å². The summed E-state index contributed by atoms with van der Waals surface area (Å²) in [6.45, 7) is 5.58. The van der Waals surface area contributed by atoms with E-state index in [0.29, 0.717) is 12.2 Å². The van der Waals surface area contributed by atoms with Crippen LogP contribution in [0.3, 0.4) is 0 Å². The summed E-state index contributed by atoms with van der Waals surface area (Å²) >= 11 is 0. The highest BCUT2D eigenvalue weighted by Crippen LogP contribution is 2.32. The van der Waals surface area contributed by atoms with Crippen molar-refractivity contribution >= 4 is 11.5 Å². The smallest absolute Gasteiger partial charge is 0.162 e. The molecule has 2 aromatic carbocycles. The summed E-state index contributed by atoms with van der Waals surface area (Å²) in [5, 5.41) is 8.58. The van der Waals surface area contributed by atoms with Crippen LogP contribution < -0.4 is 0 Å². The normalized spacial score (nSPS) is 15.7. The van der Waals surface area contributed by atoms with Crippen LogP contribution >= 0.6 is 0 Å². The lowest BCUT2D eigenvalue weighted by molar-refractivity contribution is -0.117. The zero-order valence-corrected chi connectivity index (χ0v) is 15.1. The summed E-state index contributed by atoms with van der Waals surface area (Å²) in [4.78, 5) is 16.9. The second-order valence-electron chi connectivity index (χ2n) is 6.72. The van der Waals surface area contributed by atoms with Gasteiger partial charge in [-0.3, -0.25) is 14.4 Å². The van der Waals surface area contributed by atoms with Gasteiger partial charge in [-0.1, -0.05) is 48.0 Å². The van der Waals surface area contributed by atoms with Crippen LogP contribution in [0.25, 0.3) is 5.69 Å². The van der Waals surface area contributed by atoms with Crippen LogP contribution in [0.4, 0.5) is 0 Å². The molecule has 1 aromatic heterocycles. The van der Waals surface area contributed by atoms with Gasteiger partial charge in [0, 0.05) is 17.5 Å². The van der Waals surface area contributed by atoms with Crippen molar-refractivity contribution in [2.75, 3.05) is 0 Å². The number of ketones is 1. The molecule has 0 aliphatic carbocycles. The predicted molar refractivity (Wildman–Crippen MR) is 101 cm³/mol. The fourth-order valence-corrected chi connectivity index (χ4v) is 3.39. The fraction of sp³-hybridized carbons (Fsp3) is 0.238. The standard InChI is InChI=1S/C21H20N4O/c1-13-8-10-16(11-9-13)20-17-6-4-5-7-19(17)25-15(3)23-24-21(25)18(22-20)12-14(2)26/h4-11,18H,12H2,1-3H3/t18-/m0/s1. The van der Waals surface area contributed by atoms with Crippen molar-refractivity contribution in [2.45, 2.75) is 33.2 Å². The van der Waals surface area contributed by atoms with Crippen LogP contribution in [0.2, 0.25) is 0 Å². The van der Waals surface area contributed by atoms with Gasteiger partial charge in [-0.2, -0.15) is 0 Å². The molecule has 2 heterocycles. The Morgan fingerprint density at radius 3 is 2.50 bits per heavy atom. The molecule has 3 aromatic rings. The molecule has 0 N–H and O–H groups in total. The van der Waals surface area contributed by atoms with Gasteiger partial charge in [0.15, 0.2) is 5.82 Å². The Morgan fingerprint density at radius 2 is 1.77 bits per heavy atom. The maximum atomic E-state index is 11.9. The lowest BCUT2D eigenvalue weighted by atomic mass is 9.99. The number of hydrogen-bond donors (Lipinski definition) is 0. The molecule has 0 spiro atoms. The van der Waals surface area contributed by atoms with Gasteiger partial charge in [0.1, 0.15) is 17.6 Å². The van der Waals surface area contributed by atoms with Crippen LogP contribution in [-0.2, 0) is 4.79 Å². The van der Waals surface area contributed by atoms with Gasteiger partial charge in [0.2, 0.25) is 0 Å². The molecule has 130 valence electrons. The minimum absolute atomic E-state index is 0.0835. The average molecular weight is 344 g/mol. The number of fused-ring (bicyclic) bond motifs is 3. The monoisotopic (exact) mass is 344 g/mol. The molecule has 1 aliphatic heterocycles. The molecule has 0 amide bonds. The number of rotatable bonds is 3. The molecule has 1 atom stereocenters. The largest absolute Gasteiger partial charge is 0.300 e. The van der Waals surface area contributed by atoms with E-state index in [4.69, 9.17) is 4.99 Å². The number of Topliss-reactive ketones (excluding diaryl/α,β-unsaturated/α-hetero) is 1. The van der Waals surface area contributed by atoms with Crippen molar-refractivity contribution in [3.05, 3.63) is 76.9 Å². The van der Waals surface area contributed by atoms with E-state index >= 15 is 0 Å². The Morgan fingerprint density at radius 1 is 1.04 bits per heavy atom. The topological polar surface area (TPSA) is 60.1 Å². The van der Waals surface area contributed by atoms with Gasteiger partial charge in [0.05, 0.1) is 11.4 Å². The highest BCUT2D eigenvalue weighted by atomic mass is 16.1. The van der Waals surface area contributed by atoms with E-state index in [0.717, 1.165) is 28.4 Å². The Labute approximate surface area is 152 Å². The van der Waals surface area contributed by atoms with Crippen LogP contribution in [0.1, 0.15) is 47.7 Å². The number of hydrogen-bond acceptors (Lipinski definition) is 4. The average Bonchev–Trinajstić information content (AvgIpc) is 2.94. The molecule has 0 fully saturated rings. The summed E-state index contributed by atoms with van der Waals surface area (Å²) in [5.41, 5.74) is 5.14. The van der Waals surface area contributed by atoms with Crippen LogP contribution in [0, 0.1) is 13.8 Å². The summed E-state index contributed by atoms with van der Waals surface area (Å²) in [5.74, 6) is 1.59. The third-order valence-electron chi connectivity index (χ3n) is 4.64. The maximum absolute atomic E-state index is 11.9. The third-order valence-corrected chi connectivity index (χ3v) is 4.64. The van der Waals surface area contributed by atoms with Crippen molar-refractivity contribution < 1.29 is 4.79 Å². The molecule has 5 nitrogen and oxygen atoms in total. The van der Waals surface area contributed by atoms with E-state index in [2.05, 4.69) is 53.5 Å². The van der Waals surface area contributed by atoms with Crippen LogP contribution in [0.15, 0.2) is 53.5 Å². The zero-order valence-electron chi connectivity index (χ0n) is 15.1. The van der Waals surface area contributed by atoms with Crippen LogP contribution in [-0.4, -0.2) is 26.3 Å². The molecular formula is C21H20N4O. The predicted octanol–water partition coefficient (Wildman–Crippen LogP) is 3.76. The minimum Gasteiger partial charge on any atom is -0.300 e. The summed E-state index contributed by atoms with van der Waals surface area (Å²) in [7, 11) is 0. The number of carbonyl (C=O) groups is 1. The van der Waals surface area contributed by atoms with Crippen molar-refractivity contribution in [3.63, 3.8) is 0 Å². The number of aliphatic imine (C=N–C) groups is 1. The minimum atomic E-state index is -0.350. The Kier molecular flexibility index (Phi) is 3.99.